The third-order valence-electron chi connectivity index (χ3n) is 2.84. The summed E-state index contributed by atoms with van der Waals surface area (Å²) in [5, 5.41) is 11.2. The van der Waals surface area contributed by atoms with Crippen molar-refractivity contribution in [3.8, 4) is 0 Å². The number of carbonyl (C=O) groups excluding carboxylic acids is 2. The van der Waals surface area contributed by atoms with Gasteiger partial charge in [-0.05, 0) is 12.8 Å². The molecule has 1 aliphatic carbocycles. The van der Waals surface area contributed by atoms with Gasteiger partial charge in [-0.2, -0.15) is 0 Å². The first-order valence-electron chi connectivity index (χ1n) is 5.73. The van der Waals surface area contributed by atoms with Gasteiger partial charge in [-0.1, -0.05) is 6.92 Å². The molecule has 0 aromatic heterocycles. The van der Waals surface area contributed by atoms with E-state index in [0.717, 1.165) is 6.42 Å². The van der Waals surface area contributed by atoms with Gasteiger partial charge in [0.2, 0.25) is 11.8 Å². The molecular formula is C11H18N2O4. The SMILES string of the molecule is CCCN(CC(=O)NC)C(=O)[C@@H]1C[C@@H]1C(=O)O. The molecule has 0 saturated heterocycles. The van der Waals surface area contributed by atoms with Crippen LogP contribution in [0.25, 0.3) is 0 Å². The maximum absolute atomic E-state index is 11.9. The molecule has 0 radical (unpaired) electrons. The molecular weight excluding hydrogens is 224 g/mol. The van der Waals surface area contributed by atoms with Crippen LogP contribution < -0.4 is 5.32 Å². The third-order valence-corrected chi connectivity index (χ3v) is 2.84. The highest BCUT2D eigenvalue weighted by Crippen LogP contribution is 2.40. The number of nitrogens with zero attached hydrogens (tertiary/aromatic N) is 1. The number of aliphatic carboxylic acids is 1. The Balaban J connectivity index is 2.56. The second kappa shape index (κ2) is 5.65. The molecule has 2 N–H and O–H groups in total. The van der Waals surface area contributed by atoms with Crippen molar-refractivity contribution in [1.82, 2.24) is 10.2 Å². The highest BCUT2D eigenvalue weighted by Gasteiger charge is 2.49. The van der Waals surface area contributed by atoms with E-state index in [9.17, 15) is 14.4 Å². The molecule has 2 atom stereocenters. The number of likely N-dealkylation sites (N-methyl/N-ethyl adjacent to an activating group) is 1. The van der Waals surface area contributed by atoms with Crippen LogP contribution in [0.3, 0.4) is 0 Å². The molecule has 96 valence electrons. The van der Waals surface area contributed by atoms with Crippen LogP contribution in [0.15, 0.2) is 0 Å². The zero-order valence-corrected chi connectivity index (χ0v) is 10.1. The molecule has 0 aromatic rings. The van der Waals surface area contributed by atoms with E-state index in [0.29, 0.717) is 13.0 Å². The van der Waals surface area contributed by atoms with E-state index in [2.05, 4.69) is 5.32 Å². The first kappa shape index (κ1) is 13.5. The zero-order chi connectivity index (χ0) is 13.0. The molecule has 0 spiro atoms. The Morgan fingerprint density at radius 1 is 1.35 bits per heavy atom. The van der Waals surface area contributed by atoms with E-state index < -0.39 is 17.8 Å². The minimum absolute atomic E-state index is 0.00596. The molecule has 17 heavy (non-hydrogen) atoms. The summed E-state index contributed by atoms with van der Waals surface area (Å²) in [7, 11) is 1.51. The monoisotopic (exact) mass is 242 g/mol. The lowest BCUT2D eigenvalue weighted by Crippen LogP contribution is -2.41. The van der Waals surface area contributed by atoms with E-state index in [-0.39, 0.29) is 18.4 Å². The van der Waals surface area contributed by atoms with Gasteiger partial charge in [0.25, 0.3) is 0 Å². The summed E-state index contributed by atoms with van der Waals surface area (Å²) in [5.41, 5.74) is 0. The third kappa shape index (κ3) is 3.44. The molecule has 6 nitrogen and oxygen atoms in total. The molecule has 2 amide bonds. The van der Waals surface area contributed by atoms with E-state index >= 15 is 0 Å². The number of carbonyl (C=O) groups is 3. The molecule has 1 saturated carbocycles. The van der Waals surface area contributed by atoms with Crippen LogP contribution in [0, 0.1) is 11.8 Å². The number of nitrogens with one attached hydrogen (secondary N) is 1. The summed E-state index contributed by atoms with van der Waals surface area (Å²) in [6, 6.07) is 0. The van der Waals surface area contributed by atoms with Crippen molar-refractivity contribution >= 4 is 17.8 Å². The Morgan fingerprint density at radius 3 is 2.41 bits per heavy atom. The summed E-state index contributed by atoms with van der Waals surface area (Å²) in [4.78, 5) is 35.3. The maximum atomic E-state index is 11.9. The van der Waals surface area contributed by atoms with Gasteiger partial charge in [-0.15, -0.1) is 0 Å². The van der Waals surface area contributed by atoms with E-state index in [1.807, 2.05) is 6.92 Å². The summed E-state index contributed by atoms with van der Waals surface area (Å²) in [6.45, 7) is 2.40. The zero-order valence-electron chi connectivity index (χ0n) is 10.1. The van der Waals surface area contributed by atoms with Gasteiger partial charge in [-0.25, -0.2) is 0 Å². The second-order valence-corrected chi connectivity index (χ2v) is 4.22. The molecule has 1 aliphatic rings. The van der Waals surface area contributed by atoms with Crippen LogP contribution in [0.1, 0.15) is 19.8 Å². The van der Waals surface area contributed by atoms with Crippen LogP contribution in [0.4, 0.5) is 0 Å². The largest absolute Gasteiger partial charge is 0.481 e. The van der Waals surface area contributed by atoms with Gasteiger partial charge in [0.1, 0.15) is 0 Å². The Morgan fingerprint density at radius 2 is 2.00 bits per heavy atom. The molecule has 1 rings (SSSR count). The summed E-state index contributed by atoms with van der Waals surface area (Å²) >= 11 is 0. The normalized spacial score (nSPS) is 21.8. The van der Waals surface area contributed by atoms with Crippen molar-refractivity contribution in [3.63, 3.8) is 0 Å². The van der Waals surface area contributed by atoms with Gasteiger partial charge in [-0.3, -0.25) is 14.4 Å². The summed E-state index contributed by atoms with van der Waals surface area (Å²) in [5.74, 6) is -2.39. The number of hydrogen-bond acceptors (Lipinski definition) is 3. The van der Waals surface area contributed by atoms with Crippen molar-refractivity contribution in [2.75, 3.05) is 20.1 Å². The Hall–Kier alpha value is -1.59. The minimum atomic E-state index is -0.931. The summed E-state index contributed by atoms with van der Waals surface area (Å²) < 4.78 is 0. The smallest absolute Gasteiger partial charge is 0.307 e. The summed E-state index contributed by atoms with van der Waals surface area (Å²) in [6.07, 6.45) is 1.13. The lowest BCUT2D eigenvalue weighted by Gasteiger charge is -2.21. The lowest BCUT2D eigenvalue weighted by molar-refractivity contribution is -0.142. The molecule has 0 aromatic carbocycles. The maximum Gasteiger partial charge on any atom is 0.307 e. The highest BCUT2D eigenvalue weighted by atomic mass is 16.4. The molecule has 0 heterocycles. The fraction of sp³-hybridized carbons (Fsp3) is 0.727. The van der Waals surface area contributed by atoms with Gasteiger partial charge in [0.05, 0.1) is 18.4 Å². The second-order valence-electron chi connectivity index (χ2n) is 4.22. The van der Waals surface area contributed by atoms with Crippen LogP contribution in [-0.2, 0) is 14.4 Å². The lowest BCUT2D eigenvalue weighted by atomic mass is 10.2. The molecule has 6 heteroatoms. The number of carboxylic acids is 1. The average Bonchev–Trinajstić information content (AvgIpc) is 3.07. The first-order valence-corrected chi connectivity index (χ1v) is 5.73. The molecule has 0 aliphatic heterocycles. The Kier molecular flexibility index (Phi) is 4.48. The van der Waals surface area contributed by atoms with Gasteiger partial charge in [0, 0.05) is 13.6 Å². The highest BCUT2D eigenvalue weighted by molar-refractivity contribution is 5.91. The van der Waals surface area contributed by atoms with Gasteiger partial charge >= 0.3 is 5.97 Å². The number of amides is 2. The number of hydrogen-bond donors (Lipinski definition) is 2. The minimum Gasteiger partial charge on any atom is -0.481 e. The van der Waals surface area contributed by atoms with E-state index in [4.69, 9.17) is 5.11 Å². The number of carboxylic acid groups (broad SMARTS) is 1. The topological polar surface area (TPSA) is 86.7 Å². The van der Waals surface area contributed by atoms with Gasteiger partial charge < -0.3 is 15.3 Å². The average molecular weight is 242 g/mol. The van der Waals surface area contributed by atoms with Crippen LogP contribution >= 0.6 is 0 Å². The Bertz CT molecular complexity index is 329. The standard InChI is InChI=1S/C11H18N2O4/c1-3-4-13(6-9(14)12-2)10(15)7-5-8(7)11(16)17/h7-8H,3-6H2,1-2H3,(H,12,14)(H,16,17)/t7-,8+/m1/s1. The van der Waals surface area contributed by atoms with Gasteiger partial charge in [0.15, 0.2) is 0 Å². The van der Waals surface area contributed by atoms with E-state index in [1.165, 1.54) is 11.9 Å². The predicted octanol–water partition coefficient (Wildman–Crippen LogP) is -0.308. The fourth-order valence-electron chi connectivity index (χ4n) is 1.76. The fourth-order valence-corrected chi connectivity index (χ4v) is 1.76. The van der Waals surface area contributed by atoms with E-state index in [1.54, 1.807) is 0 Å². The quantitative estimate of drug-likeness (QED) is 0.669. The van der Waals surface area contributed by atoms with Crippen LogP contribution in [0.2, 0.25) is 0 Å². The molecule has 0 bridgehead atoms. The van der Waals surface area contributed by atoms with Crippen molar-refractivity contribution in [2.24, 2.45) is 11.8 Å². The van der Waals surface area contributed by atoms with Crippen molar-refractivity contribution in [2.45, 2.75) is 19.8 Å². The Labute approximate surface area is 100.0 Å². The van der Waals surface area contributed by atoms with Crippen molar-refractivity contribution < 1.29 is 19.5 Å². The number of rotatable bonds is 6. The van der Waals surface area contributed by atoms with Crippen LogP contribution in [0.5, 0.6) is 0 Å². The van der Waals surface area contributed by atoms with Crippen LogP contribution in [-0.4, -0.2) is 47.9 Å². The predicted molar refractivity (Wildman–Crippen MR) is 60.2 cm³/mol. The molecule has 0 unspecified atom stereocenters. The van der Waals surface area contributed by atoms with Crippen molar-refractivity contribution in [3.05, 3.63) is 0 Å². The first-order chi connectivity index (χ1) is 8.01. The molecule has 1 fully saturated rings. The van der Waals surface area contributed by atoms with Crippen molar-refractivity contribution in [1.29, 1.82) is 0 Å².